The Kier molecular flexibility index (Phi) is 9.25. The van der Waals surface area contributed by atoms with Crippen molar-refractivity contribution in [2.24, 2.45) is 0 Å². The largest absolute Gasteiger partial charge is 0.508 e. The van der Waals surface area contributed by atoms with Crippen LogP contribution in [0.25, 0.3) is 0 Å². The van der Waals surface area contributed by atoms with Gasteiger partial charge >= 0.3 is 0 Å². The minimum atomic E-state index is -3.71. The van der Waals surface area contributed by atoms with Crippen molar-refractivity contribution in [3.8, 4) is 23.0 Å². The highest BCUT2D eigenvalue weighted by molar-refractivity contribution is 7.91. The Hall–Kier alpha value is -4.02. The maximum atomic E-state index is 12.8. The minimum absolute atomic E-state index is 0.00615. The zero-order valence-electron chi connectivity index (χ0n) is 22.7. The highest BCUT2D eigenvalue weighted by Crippen LogP contribution is 2.27. The third-order valence-electron chi connectivity index (χ3n) is 6.55. The number of hydrogen-bond donors (Lipinski definition) is 2. The average molecular weight is 597 g/mol. The fourth-order valence-electron chi connectivity index (χ4n) is 4.17. The van der Waals surface area contributed by atoms with Crippen LogP contribution < -0.4 is 9.47 Å². The maximum absolute atomic E-state index is 12.8. The Balaban J connectivity index is 1.31. The highest BCUT2D eigenvalue weighted by atomic mass is 32.2. The smallest absolute Gasteiger partial charge is 0.206 e. The van der Waals surface area contributed by atoms with E-state index in [1.54, 1.807) is 24.3 Å². The Morgan fingerprint density at radius 1 is 0.561 bits per heavy atom. The molecule has 0 aliphatic carbocycles. The summed E-state index contributed by atoms with van der Waals surface area (Å²) in [6, 6.07) is 23.2. The van der Waals surface area contributed by atoms with Gasteiger partial charge in [0.2, 0.25) is 19.7 Å². The van der Waals surface area contributed by atoms with E-state index < -0.39 is 19.7 Å². The van der Waals surface area contributed by atoms with Crippen LogP contribution in [0.4, 0.5) is 0 Å². The number of aromatic hydroxyl groups is 2. The van der Waals surface area contributed by atoms with Gasteiger partial charge in [-0.1, -0.05) is 6.92 Å². The molecular formula is C31H32O8S2. The Bertz CT molecular complexity index is 1650. The predicted octanol–water partition coefficient (Wildman–Crippen LogP) is 6.17. The van der Waals surface area contributed by atoms with Gasteiger partial charge in [-0.25, -0.2) is 16.8 Å². The molecule has 0 amide bonds. The van der Waals surface area contributed by atoms with Gasteiger partial charge in [0, 0.05) is 0 Å². The second-order valence-electron chi connectivity index (χ2n) is 9.59. The molecule has 0 bridgehead atoms. The highest BCUT2D eigenvalue weighted by Gasteiger charge is 2.20. The van der Waals surface area contributed by atoms with E-state index in [2.05, 4.69) is 0 Å². The number of benzene rings is 4. The van der Waals surface area contributed by atoms with E-state index >= 15 is 0 Å². The van der Waals surface area contributed by atoms with E-state index in [4.69, 9.17) is 9.47 Å². The van der Waals surface area contributed by atoms with Crippen molar-refractivity contribution in [3.63, 3.8) is 0 Å². The summed E-state index contributed by atoms with van der Waals surface area (Å²) in [4.78, 5) is 0.451. The lowest BCUT2D eigenvalue weighted by Gasteiger charge is -2.21. The molecule has 2 atom stereocenters. The molecule has 0 aliphatic rings. The van der Waals surface area contributed by atoms with Gasteiger partial charge in [-0.3, -0.25) is 0 Å². The van der Waals surface area contributed by atoms with Crippen LogP contribution in [0.1, 0.15) is 33.1 Å². The van der Waals surface area contributed by atoms with E-state index in [1.165, 1.54) is 72.8 Å². The number of ether oxygens (including phenoxy) is 2. The number of hydrogen-bond acceptors (Lipinski definition) is 8. The van der Waals surface area contributed by atoms with Crippen LogP contribution in [-0.2, 0) is 19.7 Å². The molecule has 2 N–H and O–H groups in total. The van der Waals surface area contributed by atoms with Crippen LogP contribution in [0.3, 0.4) is 0 Å². The first-order chi connectivity index (χ1) is 19.5. The SMILES string of the molecule is CCC(CCC(C)Oc1ccc(S(=O)(=O)c2ccc(O)cc2)cc1)Oc1ccc(S(=O)(=O)c2ccc(O)cc2)cc1. The summed E-state index contributed by atoms with van der Waals surface area (Å²) in [5, 5.41) is 18.8. The lowest BCUT2D eigenvalue weighted by Crippen LogP contribution is -2.20. The van der Waals surface area contributed by atoms with E-state index in [0.29, 0.717) is 24.3 Å². The van der Waals surface area contributed by atoms with E-state index in [1.807, 2.05) is 13.8 Å². The number of phenols is 2. The summed E-state index contributed by atoms with van der Waals surface area (Å²) in [6.45, 7) is 3.93. The molecule has 4 aromatic carbocycles. The summed E-state index contributed by atoms with van der Waals surface area (Å²) in [6.07, 6.45) is 1.84. The molecule has 0 fully saturated rings. The molecule has 0 spiro atoms. The molecule has 0 radical (unpaired) electrons. The van der Waals surface area contributed by atoms with Crippen LogP contribution >= 0.6 is 0 Å². The average Bonchev–Trinajstić information content (AvgIpc) is 2.96. The van der Waals surface area contributed by atoms with Crippen molar-refractivity contribution in [2.75, 3.05) is 0 Å². The molecule has 0 aromatic heterocycles. The molecule has 8 nitrogen and oxygen atoms in total. The molecule has 41 heavy (non-hydrogen) atoms. The van der Waals surface area contributed by atoms with Crippen LogP contribution in [0.5, 0.6) is 23.0 Å². The Morgan fingerprint density at radius 2 is 0.902 bits per heavy atom. The van der Waals surface area contributed by atoms with E-state index in [0.717, 1.165) is 6.42 Å². The first-order valence-electron chi connectivity index (χ1n) is 13.1. The minimum Gasteiger partial charge on any atom is -0.508 e. The second-order valence-corrected chi connectivity index (χ2v) is 13.5. The molecule has 0 saturated carbocycles. The van der Waals surface area contributed by atoms with E-state index in [-0.39, 0.29) is 43.3 Å². The third kappa shape index (κ3) is 7.39. The maximum Gasteiger partial charge on any atom is 0.206 e. The van der Waals surface area contributed by atoms with Gasteiger partial charge in [0.15, 0.2) is 0 Å². The molecule has 0 saturated heterocycles. The van der Waals surface area contributed by atoms with Crippen molar-refractivity contribution in [1.82, 2.24) is 0 Å². The van der Waals surface area contributed by atoms with Crippen LogP contribution in [0.15, 0.2) is 117 Å². The summed E-state index contributed by atoms with van der Waals surface area (Å²) in [5.41, 5.74) is 0. The quantitative estimate of drug-likeness (QED) is 0.199. The van der Waals surface area contributed by atoms with Crippen LogP contribution in [-0.4, -0.2) is 39.3 Å². The number of rotatable bonds is 12. The molecule has 4 aromatic rings. The van der Waals surface area contributed by atoms with Gasteiger partial charge in [-0.05, 0) is 123 Å². The molecule has 2 unspecified atom stereocenters. The van der Waals surface area contributed by atoms with Crippen molar-refractivity contribution >= 4 is 19.7 Å². The molecule has 4 rings (SSSR count). The Labute approximate surface area is 240 Å². The molecule has 10 heteroatoms. The van der Waals surface area contributed by atoms with Crippen LogP contribution in [0.2, 0.25) is 0 Å². The Morgan fingerprint density at radius 3 is 1.27 bits per heavy atom. The molecule has 216 valence electrons. The fraction of sp³-hybridized carbons (Fsp3) is 0.226. The topological polar surface area (TPSA) is 127 Å². The monoisotopic (exact) mass is 596 g/mol. The summed E-state index contributed by atoms with van der Waals surface area (Å²) >= 11 is 0. The zero-order valence-corrected chi connectivity index (χ0v) is 24.3. The van der Waals surface area contributed by atoms with Crippen molar-refractivity contribution in [1.29, 1.82) is 0 Å². The first kappa shape index (κ1) is 30.0. The van der Waals surface area contributed by atoms with E-state index in [9.17, 15) is 27.0 Å². The van der Waals surface area contributed by atoms with Gasteiger partial charge < -0.3 is 19.7 Å². The standard InChI is InChI=1S/C31H32O8S2/c1-3-25(39-27-12-20-31(21-13-27)41(36,37)29-16-7-24(33)8-17-29)9-4-22(2)38-26-10-18-30(19-11-26)40(34,35)28-14-5-23(32)6-15-28/h5-8,10-22,25,32-33H,3-4,9H2,1-2H3. The van der Waals surface area contributed by atoms with Gasteiger partial charge in [0.25, 0.3) is 0 Å². The lowest BCUT2D eigenvalue weighted by atomic mass is 10.1. The summed E-state index contributed by atoms with van der Waals surface area (Å²) < 4.78 is 63.4. The molecule has 0 heterocycles. The van der Waals surface area contributed by atoms with Crippen molar-refractivity contribution in [3.05, 3.63) is 97.1 Å². The van der Waals surface area contributed by atoms with Gasteiger partial charge in [0.1, 0.15) is 23.0 Å². The molecule has 0 aliphatic heterocycles. The third-order valence-corrected chi connectivity index (χ3v) is 10.1. The van der Waals surface area contributed by atoms with Gasteiger partial charge in [0.05, 0.1) is 31.8 Å². The zero-order chi connectivity index (χ0) is 29.6. The lowest BCUT2D eigenvalue weighted by molar-refractivity contribution is 0.147. The normalized spacial score (nSPS) is 13.3. The van der Waals surface area contributed by atoms with Crippen molar-refractivity contribution < 1.29 is 36.5 Å². The first-order valence-corrected chi connectivity index (χ1v) is 16.1. The summed E-state index contributed by atoms with van der Waals surface area (Å²) in [5.74, 6) is 1.09. The van der Waals surface area contributed by atoms with Crippen molar-refractivity contribution in [2.45, 2.75) is 64.9 Å². The molecular weight excluding hydrogens is 564 g/mol. The second kappa shape index (κ2) is 12.7. The fourth-order valence-corrected chi connectivity index (χ4v) is 6.69. The van der Waals surface area contributed by atoms with Gasteiger partial charge in [-0.2, -0.15) is 0 Å². The predicted molar refractivity (Wildman–Crippen MR) is 154 cm³/mol. The van der Waals surface area contributed by atoms with Gasteiger partial charge in [-0.15, -0.1) is 0 Å². The number of sulfone groups is 2. The number of phenolic OH excluding ortho intramolecular Hbond substituents is 2. The summed E-state index contributed by atoms with van der Waals surface area (Å²) in [7, 11) is -7.42. The van der Waals surface area contributed by atoms with Crippen LogP contribution in [0, 0.1) is 0 Å².